The molecule has 1 fully saturated rings. The third-order valence-corrected chi connectivity index (χ3v) is 5.97. The fourth-order valence-electron chi connectivity index (χ4n) is 3.69. The number of para-hydroxylation sites is 1. The van der Waals surface area contributed by atoms with E-state index in [4.69, 9.17) is 4.74 Å². The molecule has 28 heavy (non-hydrogen) atoms. The van der Waals surface area contributed by atoms with Gasteiger partial charge in [-0.15, -0.1) is 0 Å². The van der Waals surface area contributed by atoms with Crippen LogP contribution in [0.25, 0.3) is 27.8 Å². The molecule has 0 aliphatic carbocycles. The van der Waals surface area contributed by atoms with Gasteiger partial charge in [-0.3, -0.25) is 9.48 Å². The standard InChI is InChI=1S/C21H19BrN4O2/c1-13-5-3-4-6-18(13)26-19(14-8-23-25(9-14)15-11-28-12-15)7-16-17(22)10-24(2)21(27)20(16)26/h3-10,15H,11-12H2,1-2H3. The number of nitrogens with zero attached hydrogens (tertiary/aromatic N) is 4. The molecular formula is C21H19BrN4O2. The van der Waals surface area contributed by atoms with E-state index in [9.17, 15) is 4.79 Å². The van der Waals surface area contributed by atoms with E-state index in [0.29, 0.717) is 18.7 Å². The minimum Gasteiger partial charge on any atom is -0.377 e. The summed E-state index contributed by atoms with van der Waals surface area (Å²) in [5.41, 5.74) is 4.62. The first-order valence-corrected chi connectivity index (χ1v) is 9.93. The predicted molar refractivity (Wildman–Crippen MR) is 112 cm³/mol. The molecule has 1 aliphatic heterocycles. The average molecular weight is 439 g/mol. The van der Waals surface area contributed by atoms with Crippen molar-refractivity contribution in [2.24, 2.45) is 7.05 Å². The summed E-state index contributed by atoms with van der Waals surface area (Å²) >= 11 is 3.63. The number of hydrogen-bond donors (Lipinski definition) is 0. The average Bonchev–Trinajstić information content (AvgIpc) is 3.24. The summed E-state index contributed by atoms with van der Waals surface area (Å²) in [5.74, 6) is 0. The molecule has 0 bridgehead atoms. The molecule has 0 N–H and O–H groups in total. The van der Waals surface area contributed by atoms with Gasteiger partial charge < -0.3 is 13.9 Å². The zero-order valence-electron chi connectivity index (χ0n) is 15.6. The Morgan fingerprint density at radius 3 is 2.71 bits per heavy atom. The Bertz CT molecular complexity index is 1260. The van der Waals surface area contributed by atoms with Crippen LogP contribution in [0.4, 0.5) is 0 Å². The molecule has 1 aliphatic rings. The fraction of sp³-hybridized carbons (Fsp3) is 0.238. The Hall–Kier alpha value is -2.64. The molecule has 5 rings (SSSR count). The first-order valence-electron chi connectivity index (χ1n) is 9.13. The lowest BCUT2D eigenvalue weighted by atomic mass is 10.2. The van der Waals surface area contributed by atoms with Gasteiger partial charge in [0.1, 0.15) is 5.52 Å². The highest BCUT2D eigenvalue weighted by molar-refractivity contribution is 9.10. The molecule has 7 heteroatoms. The maximum absolute atomic E-state index is 13.1. The van der Waals surface area contributed by atoms with Crippen LogP contribution in [0.5, 0.6) is 0 Å². The van der Waals surface area contributed by atoms with Gasteiger partial charge in [0, 0.05) is 40.6 Å². The minimum absolute atomic E-state index is 0.0347. The number of pyridine rings is 1. The molecule has 1 saturated heterocycles. The van der Waals surface area contributed by atoms with Gasteiger partial charge in [-0.05, 0) is 40.5 Å². The van der Waals surface area contributed by atoms with Gasteiger partial charge in [0.05, 0.1) is 31.1 Å². The number of rotatable bonds is 3. The first-order chi connectivity index (χ1) is 13.5. The second-order valence-electron chi connectivity index (χ2n) is 7.21. The number of halogens is 1. The van der Waals surface area contributed by atoms with E-state index < -0.39 is 0 Å². The van der Waals surface area contributed by atoms with Gasteiger partial charge in [0.2, 0.25) is 0 Å². The molecule has 6 nitrogen and oxygen atoms in total. The summed E-state index contributed by atoms with van der Waals surface area (Å²) in [5, 5.41) is 5.42. The number of hydrogen-bond acceptors (Lipinski definition) is 3. The highest BCUT2D eigenvalue weighted by atomic mass is 79.9. The van der Waals surface area contributed by atoms with E-state index in [2.05, 4.69) is 44.7 Å². The number of fused-ring (bicyclic) bond motifs is 1. The Labute approximate surface area is 170 Å². The molecular weight excluding hydrogens is 420 g/mol. The topological polar surface area (TPSA) is 54.0 Å². The molecule has 0 radical (unpaired) electrons. The van der Waals surface area contributed by atoms with Crippen molar-refractivity contribution in [1.29, 1.82) is 0 Å². The number of aromatic nitrogens is 4. The molecule has 0 saturated carbocycles. The van der Waals surface area contributed by atoms with Crippen LogP contribution in [0.15, 0.2) is 58.2 Å². The van der Waals surface area contributed by atoms with E-state index >= 15 is 0 Å². The molecule has 0 unspecified atom stereocenters. The van der Waals surface area contributed by atoms with Crippen molar-refractivity contribution in [1.82, 2.24) is 18.9 Å². The molecule has 142 valence electrons. The maximum Gasteiger partial charge on any atom is 0.275 e. The monoisotopic (exact) mass is 438 g/mol. The summed E-state index contributed by atoms with van der Waals surface area (Å²) in [6, 6.07) is 10.4. The summed E-state index contributed by atoms with van der Waals surface area (Å²) < 4.78 is 11.8. The van der Waals surface area contributed by atoms with E-state index in [0.717, 1.165) is 32.4 Å². The van der Waals surface area contributed by atoms with Crippen molar-refractivity contribution >= 4 is 26.8 Å². The zero-order valence-corrected chi connectivity index (χ0v) is 17.2. The van der Waals surface area contributed by atoms with Gasteiger partial charge in [0.15, 0.2) is 0 Å². The molecule has 0 spiro atoms. The normalized spacial score (nSPS) is 14.5. The Balaban J connectivity index is 1.84. The molecule has 0 amide bonds. The Morgan fingerprint density at radius 1 is 1.21 bits per heavy atom. The van der Waals surface area contributed by atoms with Crippen LogP contribution in [0.3, 0.4) is 0 Å². The summed E-state index contributed by atoms with van der Waals surface area (Å²) in [7, 11) is 1.77. The molecule has 3 aromatic heterocycles. The van der Waals surface area contributed by atoms with Crippen molar-refractivity contribution in [3.63, 3.8) is 0 Å². The molecule has 4 heterocycles. The highest BCUT2D eigenvalue weighted by Gasteiger charge is 2.24. The quantitative estimate of drug-likeness (QED) is 0.488. The summed E-state index contributed by atoms with van der Waals surface area (Å²) in [4.78, 5) is 13.1. The van der Waals surface area contributed by atoms with Crippen LogP contribution in [-0.4, -0.2) is 32.1 Å². The third-order valence-electron chi connectivity index (χ3n) is 5.34. The van der Waals surface area contributed by atoms with E-state index in [-0.39, 0.29) is 11.6 Å². The van der Waals surface area contributed by atoms with Gasteiger partial charge >= 0.3 is 0 Å². The lowest BCUT2D eigenvalue weighted by Crippen LogP contribution is -2.30. The fourth-order valence-corrected chi connectivity index (χ4v) is 4.30. The van der Waals surface area contributed by atoms with Crippen molar-refractivity contribution in [2.75, 3.05) is 13.2 Å². The first kappa shape index (κ1) is 17.5. The van der Waals surface area contributed by atoms with E-state index in [1.165, 1.54) is 0 Å². The predicted octanol–water partition coefficient (Wildman–Crippen LogP) is 3.83. The summed E-state index contributed by atoms with van der Waals surface area (Å²) in [6.45, 7) is 3.44. The van der Waals surface area contributed by atoms with Crippen molar-refractivity contribution in [2.45, 2.75) is 13.0 Å². The van der Waals surface area contributed by atoms with Crippen molar-refractivity contribution < 1.29 is 4.74 Å². The lowest BCUT2D eigenvalue weighted by Gasteiger charge is -2.25. The van der Waals surface area contributed by atoms with E-state index in [1.807, 2.05) is 41.5 Å². The van der Waals surface area contributed by atoms with Gasteiger partial charge in [0.25, 0.3) is 5.56 Å². The molecule has 4 aromatic rings. The number of benzene rings is 1. The smallest absolute Gasteiger partial charge is 0.275 e. The number of aryl methyl sites for hydroxylation is 2. The Morgan fingerprint density at radius 2 is 2.00 bits per heavy atom. The largest absolute Gasteiger partial charge is 0.377 e. The zero-order chi connectivity index (χ0) is 19.4. The van der Waals surface area contributed by atoms with Crippen molar-refractivity contribution in [3.05, 3.63) is 69.3 Å². The lowest BCUT2D eigenvalue weighted by molar-refractivity contribution is -0.0286. The highest BCUT2D eigenvalue weighted by Crippen LogP contribution is 2.34. The van der Waals surface area contributed by atoms with E-state index in [1.54, 1.807) is 11.6 Å². The van der Waals surface area contributed by atoms with Crippen molar-refractivity contribution in [3.8, 4) is 16.9 Å². The van der Waals surface area contributed by atoms with Crippen LogP contribution < -0.4 is 5.56 Å². The third kappa shape index (κ3) is 2.57. The second-order valence-corrected chi connectivity index (χ2v) is 8.06. The second kappa shape index (κ2) is 6.46. The van der Waals surface area contributed by atoms with Crippen LogP contribution in [0.2, 0.25) is 0 Å². The minimum atomic E-state index is -0.0347. The van der Waals surface area contributed by atoms with Gasteiger partial charge in [-0.1, -0.05) is 18.2 Å². The molecule has 1 aromatic carbocycles. The SMILES string of the molecule is Cc1ccccc1-n1c(-c2cnn(C3COC3)c2)cc2c(Br)cn(C)c(=O)c21. The number of ether oxygens (including phenoxy) is 1. The van der Waals surface area contributed by atoms with Crippen LogP contribution in [-0.2, 0) is 11.8 Å². The van der Waals surface area contributed by atoms with Crippen LogP contribution >= 0.6 is 15.9 Å². The van der Waals surface area contributed by atoms with Gasteiger partial charge in [-0.2, -0.15) is 5.10 Å². The van der Waals surface area contributed by atoms with Gasteiger partial charge in [-0.25, -0.2) is 0 Å². The summed E-state index contributed by atoms with van der Waals surface area (Å²) in [6.07, 6.45) is 5.71. The van der Waals surface area contributed by atoms with Crippen LogP contribution in [0.1, 0.15) is 11.6 Å². The maximum atomic E-state index is 13.1. The van der Waals surface area contributed by atoms with Crippen LogP contribution in [0, 0.1) is 6.92 Å². The molecule has 0 atom stereocenters. The Kier molecular flexibility index (Phi) is 4.03.